The Morgan fingerprint density at radius 1 is 1.11 bits per heavy atom. The molecular weight excluding hydrogens is 230 g/mol. The fraction of sp³-hybridized carbons (Fsp3) is 0.286. The van der Waals surface area contributed by atoms with Crippen molar-refractivity contribution in [3.05, 3.63) is 46.3 Å². The zero-order valence-electron chi connectivity index (χ0n) is 11.2. The van der Waals surface area contributed by atoms with Crippen LogP contribution in [0.2, 0.25) is 0 Å². The van der Waals surface area contributed by atoms with E-state index in [1.807, 2.05) is 27.7 Å². The summed E-state index contributed by atoms with van der Waals surface area (Å²) in [6.45, 7) is 8.00. The number of rotatable bonds is 1. The van der Waals surface area contributed by atoms with Crippen LogP contribution in [0.25, 0.3) is 11.0 Å². The van der Waals surface area contributed by atoms with Gasteiger partial charge in [-0.25, -0.2) is 0 Å². The Morgan fingerprint density at radius 2 is 1.67 bits per heavy atom. The average Bonchev–Trinajstić information content (AvgIpc) is 2.43. The van der Waals surface area contributed by atoms with Crippen LogP contribution in [0.1, 0.15) is 38.2 Å². The fourth-order valence-corrected chi connectivity index (χ4v) is 1.23. The zero-order valence-corrected chi connectivity index (χ0v) is 11.2. The minimum absolute atomic E-state index is 0.117. The molecule has 0 bridgehead atoms. The molecule has 1 aromatic carbocycles. The minimum Gasteiger partial charge on any atom is -0.451 e. The Morgan fingerprint density at radius 3 is 2.22 bits per heavy atom. The van der Waals surface area contributed by atoms with Crippen LogP contribution in [0.5, 0.6) is 0 Å². The molecule has 18 heavy (non-hydrogen) atoms. The van der Waals surface area contributed by atoms with Gasteiger partial charge in [-0.05, 0) is 12.1 Å². The number of carbonyl (C=O) groups excluding carboxylic acids is 1. The van der Waals surface area contributed by atoms with Crippen LogP contribution in [0.15, 0.2) is 39.5 Å². The Kier molecular flexibility index (Phi) is 7.12. The Labute approximate surface area is 106 Å². The largest absolute Gasteiger partial charge is 0.451 e. The van der Waals surface area contributed by atoms with Crippen molar-refractivity contribution in [2.75, 3.05) is 0 Å². The van der Waals surface area contributed by atoms with Crippen LogP contribution in [0.4, 0.5) is 0 Å². The number of fused-ring (bicyclic) bond motifs is 1. The molecule has 0 atom stereocenters. The lowest BCUT2D eigenvalue weighted by Gasteiger charge is -1.97. The highest BCUT2D eigenvalue weighted by atomic mass is 16.3. The van der Waals surface area contributed by atoms with E-state index in [-0.39, 0.29) is 11.2 Å². The number of nitrogens with two attached hydrogens (primary N) is 1. The van der Waals surface area contributed by atoms with Crippen molar-refractivity contribution in [1.29, 1.82) is 0 Å². The summed E-state index contributed by atoms with van der Waals surface area (Å²) in [5.41, 5.74) is 5.11. The summed E-state index contributed by atoms with van der Waals surface area (Å²) in [6, 6.07) is 7.79. The molecule has 0 spiro atoms. The minimum atomic E-state index is -0.743. The van der Waals surface area contributed by atoms with Crippen molar-refractivity contribution in [1.82, 2.24) is 0 Å². The van der Waals surface area contributed by atoms with Gasteiger partial charge >= 0.3 is 0 Å². The summed E-state index contributed by atoms with van der Waals surface area (Å²) >= 11 is 0. The first-order valence-electron chi connectivity index (χ1n) is 6.01. The van der Waals surface area contributed by atoms with E-state index in [0.717, 1.165) is 6.07 Å². The second-order valence-electron chi connectivity index (χ2n) is 2.84. The van der Waals surface area contributed by atoms with Gasteiger partial charge in [-0.1, -0.05) is 39.8 Å². The van der Waals surface area contributed by atoms with Crippen molar-refractivity contribution in [3.63, 3.8) is 0 Å². The van der Waals surface area contributed by atoms with Crippen LogP contribution in [0.3, 0.4) is 0 Å². The summed E-state index contributed by atoms with van der Waals surface area (Å²) in [6.07, 6.45) is 0. The second-order valence-corrected chi connectivity index (χ2v) is 2.84. The number of primary amides is 1. The number of benzene rings is 1. The molecule has 1 aromatic heterocycles. The highest BCUT2D eigenvalue weighted by Crippen LogP contribution is 2.10. The van der Waals surface area contributed by atoms with Gasteiger partial charge in [-0.3, -0.25) is 9.59 Å². The molecule has 0 saturated carbocycles. The lowest BCUT2D eigenvalue weighted by Crippen LogP contribution is -2.14. The molecule has 98 valence electrons. The Hall–Kier alpha value is -2.10. The standard InChI is InChI=1S/C10H7NO3.2C2H6/c11-10(13)9-5-7(12)6-3-1-2-4-8(6)14-9;2*1-2/h1-5H,(H2,11,13);2*1-2H3. The van der Waals surface area contributed by atoms with Gasteiger partial charge in [0, 0.05) is 6.07 Å². The maximum absolute atomic E-state index is 11.4. The van der Waals surface area contributed by atoms with Gasteiger partial charge in [0.1, 0.15) is 5.58 Å². The smallest absolute Gasteiger partial charge is 0.284 e. The maximum atomic E-state index is 11.4. The molecule has 1 heterocycles. The van der Waals surface area contributed by atoms with Gasteiger partial charge in [0.05, 0.1) is 5.39 Å². The van der Waals surface area contributed by atoms with E-state index < -0.39 is 5.91 Å². The molecule has 4 nitrogen and oxygen atoms in total. The van der Waals surface area contributed by atoms with Gasteiger partial charge in [0.15, 0.2) is 11.2 Å². The molecule has 2 N–H and O–H groups in total. The molecule has 0 unspecified atom stereocenters. The molecule has 0 aliphatic rings. The molecule has 0 saturated heterocycles. The van der Waals surface area contributed by atoms with Crippen molar-refractivity contribution in [2.24, 2.45) is 5.73 Å². The third-order valence-corrected chi connectivity index (χ3v) is 1.88. The Bertz CT molecular complexity index is 558. The van der Waals surface area contributed by atoms with Gasteiger partial charge in [0.2, 0.25) is 0 Å². The monoisotopic (exact) mass is 249 g/mol. The number of hydrogen-bond acceptors (Lipinski definition) is 3. The summed E-state index contributed by atoms with van der Waals surface area (Å²) in [4.78, 5) is 22.2. The predicted molar refractivity (Wildman–Crippen MR) is 73.7 cm³/mol. The SMILES string of the molecule is CC.CC.NC(=O)c1cc(=O)c2ccccc2o1. The van der Waals surface area contributed by atoms with Crippen LogP contribution in [-0.4, -0.2) is 5.91 Å². The van der Waals surface area contributed by atoms with Gasteiger partial charge in [0.25, 0.3) is 5.91 Å². The molecule has 0 aliphatic carbocycles. The molecule has 2 rings (SSSR count). The quantitative estimate of drug-likeness (QED) is 0.844. The highest BCUT2D eigenvalue weighted by Gasteiger charge is 2.07. The first-order chi connectivity index (χ1) is 8.68. The van der Waals surface area contributed by atoms with Crippen LogP contribution < -0.4 is 11.2 Å². The zero-order chi connectivity index (χ0) is 14.1. The summed E-state index contributed by atoms with van der Waals surface area (Å²) in [7, 11) is 0. The van der Waals surface area contributed by atoms with Gasteiger partial charge in [-0.2, -0.15) is 0 Å². The average molecular weight is 249 g/mol. The number of carbonyl (C=O) groups is 1. The van der Waals surface area contributed by atoms with Crippen LogP contribution in [-0.2, 0) is 0 Å². The topological polar surface area (TPSA) is 73.3 Å². The predicted octanol–water partition coefficient (Wildman–Crippen LogP) is 2.94. The molecule has 1 amide bonds. The van der Waals surface area contributed by atoms with Gasteiger partial charge < -0.3 is 10.2 Å². The lowest BCUT2D eigenvalue weighted by atomic mass is 10.2. The first kappa shape index (κ1) is 15.9. The molecule has 0 aliphatic heterocycles. The number of hydrogen-bond donors (Lipinski definition) is 1. The summed E-state index contributed by atoms with van der Waals surface area (Å²) in [5, 5.41) is 0.442. The van der Waals surface area contributed by atoms with E-state index in [2.05, 4.69) is 0 Å². The molecule has 0 radical (unpaired) electrons. The van der Waals surface area contributed by atoms with E-state index >= 15 is 0 Å². The van der Waals surface area contributed by atoms with Crippen molar-refractivity contribution in [3.8, 4) is 0 Å². The number of para-hydroxylation sites is 1. The van der Waals surface area contributed by atoms with Crippen molar-refractivity contribution in [2.45, 2.75) is 27.7 Å². The molecule has 2 aromatic rings. The van der Waals surface area contributed by atoms with Crippen LogP contribution >= 0.6 is 0 Å². The third-order valence-electron chi connectivity index (χ3n) is 1.88. The lowest BCUT2D eigenvalue weighted by molar-refractivity contribution is 0.0974. The molecule has 0 fully saturated rings. The van der Waals surface area contributed by atoms with Crippen molar-refractivity contribution < 1.29 is 9.21 Å². The van der Waals surface area contributed by atoms with E-state index in [1.54, 1.807) is 24.3 Å². The maximum Gasteiger partial charge on any atom is 0.284 e. The first-order valence-corrected chi connectivity index (χ1v) is 6.01. The van der Waals surface area contributed by atoms with Crippen LogP contribution in [0, 0.1) is 0 Å². The Balaban J connectivity index is 0.000000659. The van der Waals surface area contributed by atoms with Crippen molar-refractivity contribution >= 4 is 16.9 Å². The number of amides is 1. The van der Waals surface area contributed by atoms with E-state index in [4.69, 9.17) is 10.2 Å². The third kappa shape index (κ3) is 3.73. The normalized spacial score (nSPS) is 8.67. The van der Waals surface area contributed by atoms with Gasteiger partial charge in [-0.15, -0.1) is 0 Å². The van der Waals surface area contributed by atoms with E-state index in [9.17, 15) is 9.59 Å². The second kappa shape index (κ2) is 8.06. The summed E-state index contributed by atoms with van der Waals surface area (Å²) < 4.78 is 5.13. The summed E-state index contributed by atoms with van der Waals surface area (Å²) in [5.74, 6) is -0.860. The highest BCUT2D eigenvalue weighted by molar-refractivity contribution is 5.91. The van der Waals surface area contributed by atoms with E-state index in [0.29, 0.717) is 11.0 Å². The van der Waals surface area contributed by atoms with E-state index in [1.165, 1.54) is 0 Å². The molecule has 4 heteroatoms. The fourth-order valence-electron chi connectivity index (χ4n) is 1.23. The molecular formula is C14H19NO3.